The Bertz CT molecular complexity index is 1080. The first-order valence-electron chi connectivity index (χ1n) is 10.7. The highest BCUT2D eigenvalue weighted by molar-refractivity contribution is 5.79. The number of nitrogen functional groups attached to an aromatic ring is 1. The predicted octanol–water partition coefficient (Wildman–Crippen LogP) is 3.82. The summed E-state index contributed by atoms with van der Waals surface area (Å²) in [7, 11) is 0. The van der Waals surface area contributed by atoms with Crippen LogP contribution < -0.4 is 11.1 Å². The first-order valence-corrected chi connectivity index (χ1v) is 10.7. The molecule has 1 amide bonds. The molecule has 2 unspecified atom stereocenters. The number of anilines is 1. The van der Waals surface area contributed by atoms with Crippen LogP contribution in [0.4, 0.5) is 10.5 Å². The van der Waals surface area contributed by atoms with Crippen LogP contribution in [0.2, 0.25) is 0 Å². The molecule has 1 aliphatic rings. The van der Waals surface area contributed by atoms with Crippen LogP contribution >= 0.6 is 0 Å². The topological polar surface area (TPSA) is 105 Å². The van der Waals surface area contributed by atoms with Gasteiger partial charge >= 0.3 is 6.09 Å². The monoisotopic (exact) mass is 432 g/mol. The van der Waals surface area contributed by atoms with Gasteiger partial charge in [0.2, 0.25) is 0 Å². The van der Waals surface area contributed by atoms with Crippen molar-refractivity contribution in [1.82, 2.24) is 5.32 Å². The van der Waals surface area contributed by atoms with Crippen molar-refractivity contribution >= 4 is 11.8 Å². The number of hydrogen-bond donors (Lipinski definition) is 4. The van der Waals surface area contributed by atoms with Gasteiger partial charge in [0.05, 0.1) is 0 Å². The maximum absolute atomic E-state index is 12.3. The van der Waals surface area contributed by atoms with E-state index in [0.717, 1.165) is 33.4 Å². The lowest BCUT2D eigenvalue weighted by Crippen LogP contribution is -2.36. The average Bonchev–Trinajstić information content (AvgIpc) is 3.12. The van der Waals surface area contributed by atoms with Crippen LogP contribution in [0.5, 0.6) is 0 Å². The molecule has 5 N–H and O–H groups in total. The van der Waals surface area contributed by atoms with Crippen LogP contribution in [-0.4, -0.2) is 35.6 Å². The van der Waals surface area contributed by atoms with Gasteiger partial charge in [0.25, 0.3) is 0 Å². The van der Waals surface area contributed by atoms with Crippen LogP contribution in [0.15, 0.2) is 60.7 Å². The molecule has 0 saturated heterocycles. The van der Waals surface area contributed by atoms with E-state index in [1.54, 1.807) is 12.1 Å². The minimum Gasteiger partial charge on any atom is -0.449 e. The zero-order valence-electron chi connectivity index (χ0n) is 18.2. The number of carbonyl (C=O) groups excluding carboxylic acids is 1. The standard InChI is InChI=1S/C26H28N2O4/c1-15-11-17(12-16(2)24(15)27)25(30)23(29)13-28-26(31)32-14-22-20-9-5-3-7-18(20)19-8-4-6-10-21(19)22/h3-12,22-23,25,29-30H,13-14,27H2,1-2H3,(H,28,31). The third-order valence-corrected chi connectivity index (χ3v) is 6.12. The molecule has 32 heavy (non-hydrogen) atoms. The predicted molar refractivity (Wildman–Crippen MR) is 124 cm³/mol. The lowest BCUT2D eigenvalue weighted by atomic mass is 9.98. The molecule has 0 spiro atoms. The third-order valence-electron chi connectivity index (χ3n) is 6.12. The van der Waals surface area contributed by atoms with Crippen LogP contribution in [0.1, 0.15) is 39.8 Å². The number of fused-ring (bicyclic) bond motifs is 3. The molecule has 3 aromatic carbocycles. The van der Waals surface area contributed by atoms with Crippen LogP contribution in [0.3, 0.4) is 0 Å². The Balaban J connectivity index is 1.35. The molecule has 0 radical (unpaired) electrons. The molecule has 6 heteroatoms. The quantitative estimate of drug-likeness (QED) is 0.443. The van der Waals surface area contributed by atoms with E-state index in [2.05, 4.69) is 29.6 Å². The van der Waals surface area contributed by atoms with Gasteiger partial charge in [0.1, 0.15) is 18.8 Å². The molecule has 6 nitrogen and oxygen atoms in total. The zero-order valence-corrected chi connectivity index (χ0v) is 18.2. The Labute approximate surface area is 187 Å². The van der Waals surface area contributed by atoms with Crippen LogP contribution in [-0.2, 0) is 4.74 Å². The molecule has 4 rings (SSSR count). The Hall–Kier alpha value is -3.35. The number of aliphatic hydroxyl groups excluding tert-OH is 2. The van der Waals surface area contributed by atoms with Gasteiger partial charge in [-0.25, -0.2) is 4.79 Å². The summed E-state index contributed by atoms with van der Waals surface area (Å²) in [6, 6.07) is 19.7. The summed E-state index contributed by atoms with van der Waals surface area (Å²) in [6.45, 7) is 3.74. The van der Waals surface area contributed by atoms with Crippen molar-refractivity contribution in [3.05, 3.63) is 88.5 Å². The lowest BCUT2D eigenvalue weighted by Gasteiger charge is -2.20. The van der Waals surface area contributed by atoms with Crippen molar-refractivity contribution in [2.45, 2.75) is 32.0 Å². The Morgan fingerprint density at radius 2 is 1.53 bits per heavy atom. The summed E-state index contributed by atoms with van der Waals surface area (Å²) in [4.78, 5) is 12.3. The molecule has 0 bridgehead atoms. The van der Waals surface area contributed by atoms with Gasteiger partial charge in [-0.1, -0.05) is 60.7 Å². The highest BCUT2D eigenvalue weighted by Crippen LogP contribution is 2.44. The minimum absolute atomic E-state index is 0.0376. The van der Waals surface area contributed by atoms with E-state index in [1.807, 2.05) is 38.1 Å². The summed E-state index contributed by atoms with van der Waals surface area (Å²) in [6.07, 6.45) is -2.97. The first-order chi connectivity index (χ1) is 15.4. The van der Waals surface area contributed by atoms with Crippen molar-refractivity contribution in [2.75, 3.05) is 18.9 Å². The molecule has 0 heterocycles. The minimum atomic E-state index is -1.18. The number of ether oxygens (including phenoxy) is 1. The van der Waals surface area contributed by atoms with E-state index < -0.39 is 18.3 Å². The van der Waals surface area contributed by atoms with Gasteiger partial charge in [-0.15, -0.1) is 0 Å². The molecular weight excluding hydrogens is 404 g/mol. The van der Waals surface area contributed by atoms with E-state index in [1.165, 1.54) is 0 Å². The van der Waals surface area contributed by atoms with E-state index in [4.69, 9.17) is 10.5 Å². The Morgan fingerprint density at radius 3 is 2.09 bits per heavy atom. The van der Waals surface area contributed by atoms with E-state index in [0.29, 0.717) is 11.3 Å². The van der Waals surface area contributed by atoms with Crippen LogP contribution in [0.25, 0.3) is 11.1 Å². The number of alkyl carbamates (subject to hydrolysis) is 1. The summed E-state index contributed by atoms with van der Waals surface area (Å²) >= 11 is 0. The normalized spacial score (nSPS) is 14.4. The van der Waals surface area contributed by atoms with Gasteiger partial charge < -0.3 is 26.0 Å². The van der Waals surface area contributed by atoms with Crippen LogP contribution in [0, 0.1) is 13.8 Å². The van der Waals surface area contributed by atoms with Crippen molar-refractivity contribution in [2.24, 2.45) is 0 Å². The third kappa shape index (κ3) is 4.20. The molecule has 0 fully saturated rings. The molecular formula is C26H28N2O4. The Kier molecular flexibility index (Phi) is 6.17. The second-order valence-electron chi connectivity index (χ2n) is 8.29. The van der Waals surface area contributed by atoms with Crippen molar-refractivity contribution in [3.63, 3.8) is 0 Å². The van der Waals surface area contributed by atoms with E-state index >= 15 is 0 Å². The second-order valence-corrected chi connectivity index (χ2v) is 8.29. The van der Waals surface area contributed by atoms with Gasteiger partial charge in [-0.05, 0) is 52.8 Å². The fourth-order valence-electron chi connectivity index (χ4n) is 4.35. The highest BCUT2D eigenvalue weighted by atomic mass is 16.5. The summed E-state index contributed by atoms with van der Waals surface area (Å²) in [5.41, 5.74) is 13.4. The van der Waals surface area contributed by atoms with E-state index in [9.17, 15) is 15.0 Å². The molecule has 166 valence electrons. The molecule has 3 aromatic rings. The van der Waals surface area contributed by atoms with Gasteiger partial charge in [-0.2, -0.15) is 0 Å². The number of aliphatic hydroxyl groups is 2. The summed E-state index contributed by atoms with van der Waals surface area (Å²) in [5, 5.41) is 23.4. The first kappa shape index (κ1) is 21.9. The maximum atomic E-state index is 12.3. The summed E-state index contributed by atoms with van der Waals surface area (Å²) < 4.78 is 5.47. The number of benzene rings is 3. The van der Waals surface area contributed by atoms with Gasteiger partial charge in [0, 0.05) is 18.2 Å². The average molecular weight is 433 g/mol. The number of amides is 1. The molecule has 2 atom stereocenters. The number of aryl methyl sites for hydroxylation is 2. The fraction of sp³-hybridized carbons (Fsp3) is 0.269. The fourth-order valence-corrected chi connectivity index (χ4v) is 4.35. The highest BCUT2D eigenvalue weighted by Gasteiger charge is 2.29. The van der Waals surface area contributed by atoms with Gasteiger partial charge in [0.15, 0.2) is 0 Å². The maximum Gasteiger partial charge on any atom is 0.407 e. The number of carbonyl (C=O) groups is 1. The second kappa shape index (κ2) is 9.02. The lowest BCUT2D eigenvalue weighted by molar-refractivity contribution is 0.0185. The van der Waals surface area contributed by atoms with Crippen molar-refractivity contribution in [1.29, 1.82) is 0 Å². The number of rotatable bonds is 6. The summed E-state index contributed by atoms with van der Waals surface area (Å²) in [5.74, 6) is -0.0376. The van der Waals surface area contributed by atoms with Gasteiger partial charge in [-0.3, -0.25) is 0 Å². The molecule has 1 aliphatic carbocycles. The number of hydrogen-bond acceptors (Lipinski definition) is 5. The van der Waals surface area contributed by atoms with Crippen molar-refractivity contribution < 1.29 is 19.7 Å². The zero-order chi connectivity index (χ0) is 22.8. The van der Waals surface area contributed by atoms with E-state index in [-0.39, 0.29) is 19.1 Å². The molecule has 0 aliphatic heterocycles. The SMILES string of the molecule is Cc1cc(C(O)C(O)CNC(=O)OCC2c3ccccc3-c3ccccc32)cc(C)c1N. The number of nitrogens with two attached hydrogens (primary N) is 1. The smallest absolute Gasteiger partial charge is 0.407 e. The number of nitrogens with one attached hydrogen (secondary N) is 1. The largest absolute Gasteiger partial charge is 0.449 e. The van der Waals surface area contributed by atoms with Crippen molar-refractivity contribution in [3.8, 4) is 11.1 Å². The molecule has 0 saturated carbocycles. The molecule has 0 aromatic heterocycles. The Morgan fingerprint density at radius 1 is 1.00 bits per heavy atom.